The Morgan fingerprint density at radius 2 is 2.15 bits per heavy atom. The smallest absolute Gasteiger partial charge is 0.422 e. The fourth-order valence-electron chi connectivity index (χ4n) is 0.536. The van der Waals surface area contributed by atoms with Gasteiger partial charge in [0.2, 0.25) is 0 Å². The minimum atomic E-state index is -4.37. The van der Waals surface area contributed by atoms with Gasteiger partial charge in [-0.1, -0.05) is 0 Å². The maximum atomic E-state index is 11.6. The molecule has 0 aromatic carbocycles. The lowest BCUT2D eigenvalue weighted by Gasteiger charge is -2.06. The highest BCUT2D eigenvalue weighted by atomic mass is 79.9. The van der Waals surface area contributed by atoms with Gasteiger partial charge in [0.1, 0.15) is 4.60 Å². The topological polar surface area (TPSA) is 35.0 Å². The minimum Gasteiger partial charge on any atom is -0.454 e. The largest absolute Gasteiger partial charge is 0.454 e. The summed E-state index contributed by atoms with van der Waals surface area (Å²) >= 11 is 2.97. The van der Waals surface area contributed by atoms with E-state index in [9.17, 15) is 13.2 Å². The van der Waals surface area contributed by atoms with Crippen LogP contribution in [0.4, 0.5) is 13.2 Å². The van der Waals surface area contributed by atoms with Gasteiger partial charge in [0, 0.05) is 6.20 Å². The highest BCUT2D eigenvalue weighted by Gasteiger charge is 2.28. The molecular formula is C6H4BrF3N2O. The highest BCUT2D eigenvalue weighted by Crippen LogP contribution is 2.16. The number of ether oxygens (including phenoxy) is 1. The van der Waals surface area contributed by atoms with Crippen molar-refractivity contribution in [3.8, 4) is 6.01 Å². The molecule has 1 heterocycles. The van der Waals surface area contributed by atoms with Gasteiger partial charge >= 0.3 is 12.2 Å². The fourth-order valence-corrected chi connectivity index (χ4v) is 0.806. The summed E-state index contributed by atoms with van der Waals surface area (Å²) in [6.07, 6.45) is -3.07. The molecule has 0 aliphatic carbocycles. The van der Waals surface area contributed by atoms with Crippen molar-refractivity contribution in [3.63, 3.8) is 0 Å². The summed E-state index contributed by atoms with van der Waals surface area (Å²) in [5.74, 6) is 0. The molecule has 0 amide bonds. The van der Waals surface area contributed by atoms with Gasteiger partial charge in [0.15, 0.2) is 6.61 Å². The molecule has 7 heteroatoms. The molecule has 0 spiro atoms. The lowest BCUT2D eigenvalue weighted by molar-refractivity contribution is -0.154. The van der Waals surface area contributed by atoms with Gasteiger partial charge in [-0.05, 0) is 22.0 Å². The minimum absolute atomic E-state index is 0.299. The molecule has 0 unspecified atom stereocenters. The average Bonchev–Trinajstić information content (AvgIpc) is 2.00. The first kappa shape index (κ1) is 10.2. The van der Waals surface area contributed by atoms with Crippen LogP contribution >= 0.6 is 15.9 Å². The molecule has 3 nitrogen and oxygen atoms in total. The lowest BCUT2D eigenvalue weighted by Crippen LogP contribution is -2.20. The van der Waals surface area contributed by atoms with Crippen molar-refractivity contribution in [2.45, 2.75) is 6.18 Å². The molecule has 0 aliphatic rings. The molecule has 0 saturated heterocycles. The van der Waals surface area contributed by atoms with Crippen molar-refractivity contribution in [1.82, 2.24) is 9.97 Å². The average molecular weight is 257 g/mol. The first-order valence-electron chi connectivity index (χ1n) is 3.15. The first-order chi connectivity index (χ1) is 5.97. The van der Waals surface area contributed by atoms with Crippen LogP contribution in [0.3, 0.4) is 0 Å². The molecule has 1 rings (SSSR count). The van der Waals surface area contributed by atoms with E-state index in [2.05, 4.69) is 30.6 Å². The first-order valence-corrected chi connectivity index (χ1v) is 3.95. The molecule has 72 valence electrons. The van der Waals surface area contributed by atoms with E-state index >= 15 is 0 Å². The van der Waals surface area contributed by atoms with Gasteiger partial charge in [0.05, 0.1) is 0 Å². The Hall–Kier alpha value is -0.850. The van der Waals surface area contributed by atoms with Crippen LogP contribution in [0.5, 0.6) is 6.01 Å². The standard InChI is InChI=1S/C6H4BrF3N2O/c7-4-1-2-11-5(12-4)13-3-6(8,9)10/h1-2H,3H2. The van der Waals surface area contributed by atoms with E-state index in [-0.39, 0.29) is 6.01 Å². The summed E-state index contributed by atoms with van der Waals surface area (Å²) in [5, 5.41) is 0. The molecule has 0 saturated carbocycles. The number of rotatable bonds is 2. The van der Waals surface area contributed by atoms with Crippen LogP contribution in [-0.4, -0.2) is 22.8 Å². The van der Waals surface area contributed by atoms with E-state index in [1.165, 1.54) is 12.3 Å². The quantitative estimate of drug-likeness (QED) is 0.761. The number of alkyl halides is 3. The molecular weight excluding hydrogens is 253 g/mol. The van der Waals surface area contributed by atoms with Crippen molar-refractivity contribution < 1.29 is 17.9 Å². The summed E-state index contributed by atoms with van der Waals surface area (Å²) in [5.41, 5.74) is 0. The third-order valence-corrected chi connectivity index (χ3v) is 1.41. The Labute approximate surface area is 80.1 Å². The molecule has 0 radical (unpaired) electrons. The van der Waals surface area contributed by atoms with Gasteiger partial charge in [-0.2, -0.15) is 18.2 Å². The molecule has 13 heavy (non-hydrogen) atoms. The third-order valence-electron chi connectivity index (χ3n) is 0.964. The number of nitrogens with zero attached hydrogens (tertiary/aromatic N) is 2. The fraction of sp³-hybridized carbons (Fsp3) is 0.333. The lowest BCUT2D eigenvalue weighted by atomic mass is 10.7. The zero-order chi connectivity index (χ0) is 9.90. The molecule has 0 aliphatic heterocycles. The predicted octanol–water partition coefficient (Wildman–Crippen LogP) is 2.18. The van der Waals surface area contributed by atoms with E-state index < -0.39 is 12.8 Å². The van der Waals surface area contributed by atoms with Crippen LogP contribution in [0.25, 0.3) is 0 Å². The van der Waals surface area contributed by atoms with Gasteiger partial charge in [-0.3, -0.25) is 0 Å². The van der Waals surface area contributed by atoms with Crippen molar-refractivity contribution in [2.75, 3.05) is 6.61 Å². The second-order valence-electron chi connectivity index (χ2n) is 2.07. The Kier molecular flexibility index (Phi) is 3.07. The molecule has 1 aromatic heterocycles. The number of aromatic nitrogens is 2. The van der Waals surface area contributed by atoms with Crippen molar-refractivity contribution in [3.05, 3.63) is 16.9 Å². The van der Waals surface area contributed by atoms with E-state index in [1.807, 2.05) is 0 Å². The Bertz CT molecular complexity index is 291. The van der Waals surface area contributed by atoms with Crippen LogP contribution in [0.1, 0.15) is 0 Å². The van der Waals surface area contributed by atoms with Crippen LogP contribution in [-0.2, 0) is 0 Å². The van der Waals surface area contributed by atoms with Gasteiger partial charge < -0.3 is 4.74 Å². The molecule has 0 fully saturated rings. The van der Waals surface area contributed by atoms with Gasteiger partial charge in [-0.15, -0.1) is 0 Å². The SMILES string of the molecule is FC(F)(F)COc1nccc(Br)n1. The van der Waals surface area contributed by atoms with Crippen molar-refractivity contribution >= 4 is 15.9 Å². The number of hydrogen-bond acceptors (Lipinski definition) is 3. The second kappa shape index (κ2) is 3.91. The Morgan fingerprint density at radius 3 is 2.69 bits per heavy atom. The van der Waals surface area contributed by atoms with E-state index in [1.54, 1.807) is 0 Å². The van der Waals surface area contributed by atoms with E-state index in [0.717, 1.165) is 0 Å². The molecule has 0 bridgehead atoms. The van der Waals surface area contributed by atoms with Gasteiger partial charge in [-0.25, -0.2) is 4.98 Å². The summed E-state index contributed by atoms with van der Waals surface area (Å²) < 4.78 is 39.6. The summed E-state index contributed by atoms with van der Waals surface area (Å²) in [6.45, 7) is -1.39. The Balaban J connectivity index is 2.55. The van der Waals surface area contributed by atoms with E-state index in [4.69, 9.17) is 0 Å². The van der Waals surface area contributed by atoms with Crippen molar-refractivity contribution in [2.24, 2.45) is 0 Å². The molecule has 1 aromatic rings. The summed E-state index contributed by atoms with van der Waals surface area (Å²) in [4.78, 5) is 7.04. The Morgan fingerprint density at radius 1 is 1.46 bits per heavy atom. The number of halogens is 4. The normalized spacial score (nSPS) is 11.4. The highest BCUT2D eigenvalue weighted by molar-refractivity contribution is 9.10. The molecule has 0 N–H and O–H groups in total. The monoisotopic (exact) mass is 256 g/mol. The maximum Gasteiger partial charge on any atom is 0.422 e. The second-order valence-corrected chi connectivity index (χ2v) is 2.88. The number of hydrogen-bond donors (Lipinski definition) is 0. The van der Waals surface area contributed by atoms with Crippen LogP contribution in [0, 0.1) is 0 Å². The van der Waals surface area contributed by atoms with Crippen LogP contribution < -0.4 is 4.74 Å². The van der Waals surface area contributed by atoms with Crippen molar-refractivity contribution in [1.29, 1.82) is 0 Å². The maximum absolute atomic E-state index is 11.6. The summed E-state index contributed by atoms with van der Waals surface area (Å²) in [7, 11) is 0. The van der Waals surface area contributed by atoms with Crippen LogP contribution in [0.15, 0.2) is 16.9 Å². The zero-order valence-electron chi connectivity index (χ0n) is 6.18. The predicted molar refractivity (Wildman–Crippen MR) is 41.3 cm³/mol. The van der Waals surface area contributed by atoms with E-state index in [0.29, 0.717) is 4.60 Å². The summed E-state index contributed by atoms with van der Waals surface area (Å²) in [6, 6.07) is 1.19. The van der Waals surface area contributed by atoms with Gasteiger partial charge in [0.25, 0.3) is 0 Å². The zero-order valence-corrected chi connectivity index (χ0v) is 7.76. The third kappa shape index (κ3) is 4.07. The molecule has 0 atom stereocenters. The van der Waals surface area contributed by atoms with Crippen LogP contribution in [0.2, 0.25) is 0 Å².